The molecule has 3 nitrogen and oxygen atoms in total. The fourth-order valence-electron chi connectivity index (χ4n) is 1.09. The molecule has 0 saturated carbocycles. The minimum absolute atomic E-state index is 0.0349. The Morgan fingerprint density at radius 3 is 2.59 bits per heavy atom. The monoisotopic (exact) mass is 320 g/mol. The van der Waals surface area contributed by atoms with E-state index in [2.05, 4.69) is 25.9 Å². The lowest BCUT2D eigenvalue weighted by Crippen LogP contribution is -1.95. The highest BCUT2D eigenvalue weighted by Gasteiger charge is 2.14. The van der Waals surface area contributed by atoms with Gasteiger partial charge in [0.1, 0.15) is 0 Å². The first-order valence-electron chi connectivity index (χ1n) is 4.37. The van der Waals surface area contributed by atoms with E-state index in [1.165, 1.54) is 18.5 Å². The van der Waals surface area contributed by atoms with E-state index in [-0.39, 0.29) is 16.8 Å². The van der Waals surface area contributed by atoms with Crippen molar-refractivity contribution in [1.82, 2.24) is 9.97 Å². The van der Waals surface area contributed by atoms with E-state index in [4.69, 9.17) is 16.3 Å². The van der Waals surface area contributed by atoms with Crippen LogP contribution in [0.25, 0.3) is 0 Å². The van der Waals surface area contributed by atoms with Crippen LogP contribution in [-0.4, -0.2) is 9.97 Å². The maximum absolute atomic E-state index is 13.4. The molecule has 0 spiro atoms. The molecule has 0 saturated heterocycles. The fraction of sp³-hybridized carbons (Fsp3) is 0. The van der Waals surface area contributed by atoms with Crippen LogP contribution < -0.4 is 4.74 Å². The summed E-state index contributed by atoms with van der Waals surface area (Å²) in [5.74, 6) is -2.56. The van der Waals surface area contributed by atoms with E-state index in [1.807, 2.05) is 0 Å². The fourth-order valence-corrected chi connectivity index (χ4v) is 1.64. The standard InChI is InChI=1S/C10H4BrClF2N2O/c11-5-3-6(13)8(14)7(4-5)17-10-9(12)15-1-2-16-10/h1-4H. The van der Waals surface area contributed by atoms with Crippen molar-refractivity contribution in [1.29, 1.82) is 0 Å². The molecule has 17 heavy (non-hydrogen) atoms. The number of nitrogens with zero attached hydrogens (tertiary/aromatic N) is 2. The molecule has 0 N–H and O–H groups in total. The van der Waals surface area contributed by atoms with Crippen molar-refractivity contribution in [2.24, 2.45) is 0 Å². The molecule has 0 bridgehead atoms. The topological polar surface area (TPSA) is 35.0 Å². The number of benzene rings is 1. The first-order valence-corrected chi connectivity index (χ1v) is 5.54. The van der Waals surface area contributed by atoms with Crippen LogP contribution in [0.4, 0.5) is 8.78 Å². The zero-order valence-electron chi connectivity index (χ0n) is 8.12. The highest BCUT2D eigenvalue weighted by Crippen LogP contribution is 2.30. The van der Waals surface area contributed by atoms with Gasteiger partial charge < -0.3 is 4.74 Å². The second kappa shape index (κ2) is 4.93. The summed E-state index contributed by atoms with van der Waals surface area (Å²) >= 11 is 8.70. The summed E-state index contributed by atoms with van der Waals surface area (Å²) in [7, 11) is 0. The molecule has 0 aliphatic rings. The summed E-state index contributed by atoms with van der Waals surface area (Å²) in [5.41, 5.74) is 0. The lowest BCUT2D eigenvalue weighted by molar-refractivity contribution is 0.403. The van der Waals surface area contributed by atoms with E-state index >= 15 is 0 Å². The summed E-state index contributed by atoms with van der Waals surface area (Å²) in [6.07, 6.45) is 2.68. The first kappa shape index (κ1) is 12.2. The lowest BCUT2D eigenvalue weighted by Gasteiger charge is -2.07. The third-order valence-corrected chi connectivity index (χ3v) is 2.51. The molecular formula is C10H4BrClF2N2O. The SMILES string of the molecule is Fc1cc(Br)cc(Oc2nccnc2Cl)c1F. The first-order chi connectivity index (χ1) is 8.08. The van der Waals surface area contributed by atoms with E-state index in [9.17, 15) is 8.78 Å². The molecule has 2 rings (SSSR count). The molecule has 88 valence electrons. The van der Waals surface area contributed by atoms with Gasteiger partial charge in [-0.05, 0) is 12.1 Å². The van der Waals surface area contributed by atoms with Crippen LogP contribution in [0.1, 0.15) is 0 Å². The van der Waals surface area contributed by atoms with E-state index < -0.39 is 11.6 Å². The predicted molar refractivity (Wildman–Crippen MR) is 61.2 cm³/mol. The van der Waals surface area contributed by atoms with Gasteiger partial charge in [-0.15, -0.1) is 0 Å². The molecule has 1 aromatic heterocycles. The van der Waals surface area contributed by atoms with E-state index in [0.29, 0.717) is 4.47 Å². The zero-order chi connectivity index (χ0) is 12.4. The Morgan fingerprint density at radius 1 is 1.18 bits per heavy atom. The molecule has 7 heteroatoms. The van der Waals surface area contributed by atoms with Crippen LogP contribution in [0, 0.1) is 11.6 Å². The highest BCUT2D eigenvalue weighted by atomic mass is 79.9. The molecule has 0 aliphatic heterocycles. The minimum atomic E-state index is -1.12. The van der Waals surface area contributed by atoms with E-state index in [0.717, 1.165) is 6.07 Å². The van der Waals surface area contributed by atoms with Crippen molar-refractivity contribution < 1.29 is 13.5 Å². The summed E-state index contributed by atoms with van der Waals surface area (Å²) in [6.45, 7) is 0. The Hall–Kier alpha value is -1.27. The van der Waals surface area contributed by atoms with Crippen molar-refractivity contribution in [3.05, 3.63) is 45.8 Å². The maximum Gasteiger partial charge on any atom is 0.257 e. The molecule has 1 heterocycles. The molecule has 0 unspecified atom stereocenters. The van der Waals surface area contributed by atoms with Gasteiger partial charge in [0.15, 0.2) is 16.7 Å². The van der Waals surface area contributed by atoms with Gasteiger partial charge >= 0.3 is 0 Å². The average molecular weight is 322 g/mol. The number of hydrogen-bond donors (Lipinski definition) is 0. The molecule has 0 atom stereocenters. The van der Waals surface area contributed by atoms with Crippen LogP contribution in [-0.2, 0) is 0 Å². The number of ether oxygens (including phenoxy) is 1. The minimum Gasteiger partial charge on any atom is -0.433 e. The number of hydrogen-bond acceptors (Lipinski definition) is 3. The number of aromatic nitrogens is 2. The normalized spacial score (nSPS) is 10.4. The van der Waals surface area contributed by atoms with Crippen molar-refractivity contribution in [3.8, 4) is 11.6 Å². The average Bonchev–Trinajstić information content (AvgIpc) is 2.28. The van der Waals surface area contributed by atoms with Gasteiger partial charge in [0, 0.05) is 16.9 Å². The smallest absolute Gasteiger partial charge is 0.257 e. The van der Waals surface area contributed by atoms with Crippen molar-refractivity contribution in [2.45, 2.75) is 0 Å². The summed E-state index contributed by atoms with van der Waals surface area (Å²) in [4.78, 5) is 7.45. The zero-order valence-corrected chi connectivity index (χ0v) is 10.5. The van der Waals surface area contributed by atoms with Crippen LogP contribution >= 0.6 is 27.5 Å². The second-order valence-electron chi connectivity index (χ2n) is 2.95. The Labute approximate surface area is 109 Å². The Balaban J connectivity index is 2.40. The lowest BCUT2D eigenvalue weighted by atomic mass is 10.3. The van der Waals surface area contributed by atoms with Gasteiger partial charge in [0.05, 0.1) is 0 Å². The van der Waals surface area contributed by atoms with Crippen molar-refractivity contribution in [2.75, 3.05) is 0 Å². The maximum atomic E-state index is 13.4. The molecule has 2 aromatic rings. The number of halogens is 4. The Morgan fingerprint density at radius 2 is 1.88 bits per heavy atom. The summed E-state index contributed by atoms with van der Waals surface area (Å²) in [5, 5.41) is -0.0349. The van der Waals surface area contributed by atoms with Gasteiger partial charge in [0.25, 0.3) is 5.88 Å². The van der Waals surface area contributed by atoms with Crippen LogP contribution in [0.2, 0.25) is 5.15 Å². The number of rotatable bonds is 2. The summed E-state index contributed by atoms with van der Waals surface area (Å²) in [6, 6.07) is 2.25. The Bertz CT molecular complexity index is 568. The second-order valence-corrected chi connectivity index (χ2v) is 4.23. The van der Waals surface area contributed by atoms with Gasteiger partial charge in [-0.2, -0.15) is 4.39 Å². The molecule has 0 amide bonds. The molecule has 1 aromatic carbocycles. The van der Waals surface area contributed by atoms with Crippen LogP contribution in [0.15, 0.2) is 29.0 Å². The molecular weight excluding hydrogens is 317 g/mol. The van der Waals surface area contributed by atoms with Crippen LogP contribution in [0.5, 0.6) is 11.6 Å². The van der Waals surface area contributed by atoms with Gasteiger partial charge in [-0.25, -0.2) is 14.4 Å². The van der Waals surface area contributed by atoms with Gasteiger partial charge in [0.2, 0.25) is 5.82 Å². The van der Waals surface area contributed by atoms with Crippen LogP contribution in [0.3, 0.4) is 0 Å². The largest absolute Gasteiger partial charge is 0.433 e. The summed E-state index contributed by atoms with van der Waals surface area (Å²) < 4.78 is 31.9. The third kappa shape index (κ3) is 2.70. The third-order valence-electron chi connectivity index (χ3n) is 1.79. The van der Waals surface area contributed by atoms with E-state index in [1.54, 1.807) is 0 Å². The van der Waals surface area contributed by atoms with Gasteiger partial charge in [-0.1, -0.05) is 27.5 Å². The molecule has 0 aliphatic carbocycles. The highest BCUT2D eigenvalue weighted by molar-refractivity contribution is 9.10. The molecule has 0 fully saturated rings. The van der Waals surface area contributed by atoms with Gasteiger partial charge in [-0.3, -0.25) is 0 Å². The van der Waals surface area contributed by atoms with Crippen molar-refractivity contribution in [3.63, 3.8) is 0 Å². The molecule has 0 radical (unpaired) electrons. The predicted octanol–water partition coefficient (Wildman–Crippen LogP) is 3.96. The Kier molecular flexibility index (Phi) is 3.54. The quantitative estimate of drug-likeness (QED) is 0.785. The van der Waals surface area contributed by atoms with Crippen molar-refractivity contribution >= 4 is 27.5 Å².